The number of hydrogen-bond donors (Lipinski definition) is 0. The fourth-order valence-electron chi connectivity index (χ4n) is 4.55. The molecule has 2 fully saturated rings. The first kappa shape index (κ1) is 15.8. The van der Waals surface area contributed by atoms with E-state index < -0.39 is 29.6 Å². The second-order valence-electron chi connectivity index (χ2n) is 6.95. The first-order valence-electron chi connectivity index (χ1n) is 8.69. The third-order valence-corrected chi connectivity index (χ3v) is 5.68. The van der Waals surface area contributed by atoms with Gasteiger partial charge >= 0.3 is 0 Å². The molecule has 5 nitrogen and oxygen atoms in total. The number of hydrogen-bond acceptors (Lipinski definition) is 4. The zero-order valence-corrected chi connectivity index (χ0v) is 14.1. The Bertz CT molecular complexity index is 1040. The van der Waals surface area contributed by atoms with Crippen LogP contribution in [0.2, 0.25) is 0 Å². The van der Waals surface area contributed by atoms with Gasteiger partial charge in [0.2, 0.25) is 11.8 Å². The Kier molecular flexibility index (Phi) is 3.22. The number of halogens is 1. The van der Waals surface area contributed by atoms with Gasteiger partial charge in [-0.1, -0.05) is 24.3 Å². The molecule has 3 aliphatic heterocycles. The Morgan fingerprint density at radius 1 is 0.963 bits per heavy atom. The van der Waals surface area contributed by atoms with Crippen LogP contribution in [0.25, 0.3) is 6.08 Å². The molecule has 2 aromatic carbocycles. The molecule has 27 heavy (non-hydrogen) atoms. The van der Waals surface area contributed by atoms with Crippen molar-refractivity contribution in [2.75, 3.05) is 4.90 Å². The Morgan fingerprint density at radius 2 is 1.67 bits per heavy atom. The number of nitrogens with zero attached hydrogens (tertiary/aromatic N) is 3. The van der Waals surface area contributed by atoms with Gasteiger partial charge < -0.3 is 4.90 Å². The summed E-state index contributed by atoms with van der Waals surface area (Å²) < 4.78 is 13.3. The fourth-order valence-corrected chi connectivity index (χ4v) is 4.55. The lowest BCUT2D eigenvalue weighted by Gasteiger charge is -2.33. The largest absolute Gasteiger partial charge is 0.353 e. The highest BCUT2D eigenvalue weighted by molar-refractivity contribution is 6.23. The second kappa shape index (κ2) is 5.52. The maximum atomic E-state index is 13.3. The van der Waals surface area contributed by atoms with Gasteiger partial charge in [-0.2, -0.15) is 5.26 Å². The molecular formula is C21H14FN3O2. The minimum atomic E-state index is -0.742. The van der Waals surface area contributed by atoms with Crippen LogP contribution in [0.5, 0.6) is 0 Å². The number of benzene rings is 2. The quantitative estimate of drug-likeness (QED) is 0.735. The van der Waals surface area contributed by atoms with Crippen molar-refractivity contribution in [3.8, 4) is 6.07 Å². The van der Waals surface area contributed by atoms with E-state index in [1.165, 1.54) is 24.3 Å². The van der Waals surface area contributed by atoms with E-state index in [1.807, 2.05) is 41.4 Å². The number of amides is 2. The van der Waals surface area contributed by atoms with E-state index >= 15 is 0 Å². The van der Waals surface area contributed by atoms with Gasteiger partial charge in [0.25, 0.3) is 0 Å². The van der Waals surface area contributed by atoms with Crippen LogP contribution in [0.4, 0.5) is 10.1 Å². The summed E-state index contributed by atoms with van der Waals surface area (Å²) in [6, 6.07) is 14.1. The van der Waals surface area contributed by atoms with Crippen molar-refractivity contribution >= 4 is 23.6 Å². The maximum absolute atomic E-state index is 13.3. The number of imide groups is 1. The van der Waals surface area contributed by atoms with E-state index in [0.29, 0.717) is 5.69 Å². The van der Waals surface area contributed by atoms with Crippen molar-refractivity contribution in [1.82, 2.24) is 4.90 Å². The zero-order valence-electron chi connectivity index (χ0n) is 14.1. The summed E-state index contributed by atoms with van der Waals surface area (Å²) in [4.78, 5) is 29.3. The molecule has 132 valence electrons. The lowest BCUT2D eigenvalue weighted by atomic mass is 9.85. The predicted octanol–water partition coefficient (Wildman–Crippen LogP) is 2.86. The van der Waals surface area contributed by atoms with Gasteiger partial charge in [-0.05, 0) is 41.5 Å². The van der Waals surface area contributed by atoms with Gasteiger partial charge in [0.1, 0.15) is 11.9 Å². The van der Waals surface area contributed by atoms with E-state index in [4.69, 9.17) is 0 Å². The van der Waals surface area contributed by atoms with Crippen molar-refractivity contribution in [1.29, 1.82) is 5.26 Å². The van der Waals surface area contributed by atoms with E-state index in [0.717, 1.165) is 16.0 Å². The van der Waals surface area contributed by atoms with Crippen LogP contribution in [0.15, 0.2) is 54.7 Å². The number of rotatable bonds is 1. The summed E-state index contributed by atoms with van der Waals surface area (Å²) in [5.74, 6) is -2.56. The molecule has 0 saturated carbocycles. The topological polar surface area (TPSA) is 64.4 Å². The van der Waals surface area contributed by atoms with Crippen LogP contribution in [0, 0.1) is 29.0 Å². The molecule has 6 heteroatoms. The average molecular weight is 359 g/mol. The molecule has 0 spiro atoms. The smallest absolute Gasteiger partial charge is 0.240 e. The summed E-state index contributed by atoms with van der Waals surface area (Å²) in [6.45, 7) is 0. The summed E-state index contributed by atoms with van der Waals surface area (Å²) in [5, 5.41) is 9.74. The van der Waals surface area contributed by atoms with Crippen LogP contribution in [0.1, 0.15) is 17.2 Å². The first-order valence-corrected chi connectivity index (χ1v) is 8.69. The molecule has 0 aliphatic carbocycles. The number of anilines is 1. The average Bonchev–Trinajstić information content (AvgIpc) is 3.15. The maximum Gasteiger partial charge on any atom is 0.240 e. The highest BCUT2D eigenvalue weighted by Crippen LogP contribution is 2.52. The number of nitriles is 1. The lowest BCUT2D eigenvalue weighted by Crippen LogP contribution is -2.40. The van der Waals surface area contributed by atoms with Gasteiger partial charge in [0.15, 0.2) is 0 Å². The number of carbonyl (C=O) groups excluding carboxylic acids is 2. The van der Waals surface area contributed by atoms with E-state index in [1.54, 1.807) is 0 Å². The van der Waals surface area contributed by atoms with Crippen molar-refractivity contribution < 1.29 is 14.0 Å². The van der Waals surface area contributed by atoms with Crippen LogP contribution >= 0.6 is 0 Å². The molecule has 2 saturated heterocycles. The van der Waals surface area contributed by atoms with Crippen molar-refractivity contribution in [3.05, 3.63) is 71.7 Å². The van der Waals surface area contributed by atoms with Gasteiger partial charge in [0.05, 0.1) is 29.6 Å². The molecule has 0 N–H and O–H groups in total. The van der Waals surface area contributed by atoms with Crippen molar-refractivity contribution in [3.63, 3.8) is 0 Å². The molecule has 5 rings (SSSR count). The summed E-state index contributed by atoms with van der Waals surface area (Å²) >= 11 is 0. The van der Waals surface area contributed by atoms with Crippen LogP contribution in [-0.2, 0) is 9.59 Å². The minimum Gasteiger partial charge on any atom is -0.353 e. The van der Waals surface area contributed by atoms with Crippen LogP contribution in [0.3, 0.4) is 0 Å². The lowest BCUT2D eigenvalue weighted by molar-refractivity contribution is -0.123. The zero-order chi connectivity index (χ0) is 18.7. The molecule has 4 atom stereocenters. The van der Waals surface area contributed by atoms with Gasteiger partial charge in [-0.3, -0.25) is 9.59 Å². The summed E-state index contributed by atoms with van der Waals surface area (Å²) in [7, 11) is 0. The molecule has 2 amide bonds. The van der Waals surface area contributed by atoms with E-state index in [-0.39, 0.29) is 11.9 Å². The normalized spacial score (nSPS) is 28.0. The third kappa shape index (κ3) is 2.02. The van der Waals surface area contributed by atoms with Crippen LogP contribution < -0.4 is 4.90 Å². The van der Waals surface area contributed by atoms with Crippen LogP contribution in [-0.4, -0.2) is 22.8 Å². The number of carbonyl (C=O) groups is 2. The van der Waals surface area contributed by atoms with Gasteiger partial charge in [-0.15, -0.1) is 0 Å². The Hall–Kier alpha value is -3.46. The van der Waals surface area contributed by atoms with Crippen molar-refractivity contribution in [2.45, 2.75) is 12.1 Å². The molecule has 0 radical (unpaired) electrons. The molecule has 2 aromatic rings. The third-order valence-electron chi connectivity index (χ3n) is 5.68. The first-order chi connectivity index (χ1) is 13.1. The molecular weight excluding hydrogens is 345 g/mol. The Morgan fingerprint density at radius 3 is 2.41 bits per heavy atom. The molecule has 0 unspecified atom stereocenters. The second-order valence-corrected chi connectivity index (χ2v) is 6.95. The van der Waals surface area contributed by atoms with E-state index in [2.05, 4.69) is 6.07 Å². The van der Waals surface area contributed by atoms with Crippen molar-refractivity contribution in [2.24, 2.45) is 11.8 Å². The van der Waals surface area contributed by atoms with Gasteiger partial charge in [-0.25, -0.2) is 9.29 Å². The van der Waals surface area contributed by atoms with Gasteiger partial charge in [0, 0.05) is 6.20 Å². The summed E-state index contributed by atoms with van der Waals surface area (Å²) in [5.41, 5.74) is 2.26. The summed E-state index contributed by atoms with van der Waals surface area (Å²) in [6.07, 6.45) is 3.71. The van der Waals surface area contributed by atoms with E-state index in [9.17, 15) is 19.2 Å². The highest BCUT2D eigenvalue weighted by Gasteiger charge is 2.63. The molecule has 3 heterocycles. The molecule has 3 aliphatic rings. The SMILES string of the molecule is N#C[C@@H]1[C@@H]2C(=O)N(c3ccc(F)cc3)C(=O)[C@@H]2[C@H]2c3ccccc3C=CN12. The Balaban J connectivity index is 1.63. The molecule has 0 aromatic heterocycles. The number of fused-ring (bicyclic) bond motifs is 5. The highest BCUT2D eigenvalue weighted by atomic mass is 19.1. The fraction of sp³-hybridized carbons (Fsp3) is 0.190. The monoisotopic (exact) mass is 359 g/mol. The molecule has 0 bridgehead atoms. The Labute approximate surface area is 154 Å². The minimum absolute atomic E-state index is 0.337. The standard InChI is InChI=1S/C21H14FN3O2/c22-13-5-7-14(8-6-13)25-20(26)17-16(11-23)24-10-9-12-3-1-2-4-15(12)19(24)18(17)21(25)27/h1-10,16-19H/t16-,17+,18+,19-/m1/s1. The predicted molar refractivity (Wildman–Crippen MR) is 95.3 cm³/mol.